The number of unbranched alkanes of at least 4 members (excludes halogenated alkanes) is 1. The zero-order valence-electron chi connectivity index (χ0n) is 12.1. The Morgan fingerprint density at radius 2 is 2.15 bits per heavy atom. The van der Waals surface area contributed by atoms with E-state index in [1.54, 1.807) is 0 Å². The molecule has 2 rings (SSSR count). The summed E-state index contributed by atoms with van der Waals surface area (Å²) in [7, 11) is 0. The number of fused-ring (bicyclic) bond motifs is 1. The van der Waals surface area contributed by atoms with Crippen molar-refractivity contribution in [3.05, 3.63) is 35.0 Å². The van der Waals surface area contributed by atoms with Crippen molar-refractivity contribution in [2.24, 2.45) is 5.73 Å². The van der Waals surface area contributed by atoms with E-state index in [1.165, 1.54) is 22.9 Å². The summed E-state index contributed by atoms with van der Waals surface area (Å²) in [6.45, 7) is 5.26. The second kappa shape index (κ2) is 7.67. The van der Waals surface area contributed by atoms with Crippen molar-refractivity contribution >= 4 is 22.5 Å². The fourth-order valence-electron chi connectivity index (χ4n) is 2.39. The first-order chi connectivity index (χ1) is 9.76. The molecule has 1 aromatic heterocycles. The van der Waals surface area contributed by atoms with Crippen LogP contribution in [0.5, 0.6) is 0 Å². The molecule has 1 aromatic carbocycles. The van der Waals surface area contributed by atoms with E-state index in [2.05, 4.69) is 23.8 Å². The van der Waals surface area contributed by atoms with Gasteiger partial charge in [-0.3, -0.25) is 0 Å². The van der Waals surface area contributed by atoms with E-state index in [1.807, 2.05) is 12.1 Å². The maximum atomic E-state index is 6.11. The van der Waals surface area contributed by atoms with Crippen LogP contribution in [-0.2, 0) is 17.7 Å². The Hall–Kier alpha value is -1.03. The third-order valence-corrected chi connectivity index (χ3v) is 3.69. The molecule has 20 heavy (non-hydrogen) atoms. The highest BCUT2D eigenvalue weighted by Gasteiger charge is 2.08. The van der Waals surface area contributed by atoms with Crippen molar-refractivity contribution in [3.63, 3.8) is 0 Å². The van der Waals surface area contributed by atoms with Gasteiger partial charge in [0.25, 0.3) is 0 Å². The van der Waals surface area contributed by atoms with Gasteiger partial charge in [0.1, 0.15) is 0 Å². The Balaban J connectivity index is 2.12. The van der Waals surface area contributed by atoms with Crippen molar-refractivity contribution in [1.29, 1.82) is 0 Å². The van der Waals surface area contributed by atoms with Crippen LogP contribution in [0.15, 0.2) is 24.4 Å². The number of ether oxygens (including phenoxy) is 1. The van der Waals surface area contributed by atoms with E-state index >= 15 is 0 Å². The highest BCUT2D eigenvalue weighted by Crippen LogP contribution is 2.25. The van der Waals surface area contributed by atoms with E-state index in [9.17, 15) is 0 Å². The number of benzene rings is 1. The van der Waals surface area contributed by atoms with Gasteiger partial charge in [-0.1, -0.05) is 31.0 Å². The number of halogens is 1. The monoisotopic (exact) mass is 294 g/mol. The van der Waals surface area contributed by atoms with E-state index in [4.69, 9.17) is 22.1 Å². The highest BCUT2D eigenvalue weighted by atomic mass is 35.5. The average Bonchev–Trinajstić information content (AvgIpc) is 2.77. The van der Waals surface area contributed by atoms with Gasteiger partial charge in [0.05, 0.1) is 6.61 Å². The largest absolute Gasteiger partial charge is 0.380 e. The van der Waals surface area contributed by atoms with Gasteiger partial charge in [0.2, 0.25) is 0 Å². The SMILES string of the molecule is CCCCOCCn1cc(CCN)c2ccc(Cl)cc21. The Morgan fingerprint density at radius 3 is 2.90 bits per heavy atom. The fourth-order valence-corrected chi connectivity index (χ4v) is 2.56. The second-order valence-electron chi connectivity index (χ2n) is 5.01. The molecular formula is C16H23ClN2O. The number of hydrogen-bond acceptors (Lipinski definition) is 2. The average molecular weight is 295 g/mol. The summed E-state index contributed by atoms with van der Waals surface area (Å²) in [6, 6.07) is 6.03. The molecule has 0 saturated carbocycles. The molecule has 0 radical (unpaired) electrons. The first-order valence-electron chi connectivity index (χ1n) is 7.31. The standard InChI is InChI=1S/C16H23ClN2O/c1-2-3-9-20-10-8-19-12-13(6-7-18)15-5-4-14(17)11-16(15)19/h4-5,11-12H,2-3,6-10,18H2,1H3. The second-order valence-corrected chi connectivity index (χ2v) is 5.45. The Bertz CT molecular complexity index is 551. The van der Waals surface area contributed by atoms with Crippen molar-refractivity contribution in [2.75, 3.05) is 19.8 Å². The Labute approximate surface area is 125 Å². The molecule has 0 aliphatic carbocycles. The van der Waals surface area contributed by atoms with Gasteiger partial charge in [0, 0.05) is 35.3 Å². The van der Waals surface area contributed by atoms with Crippen LogP contribution >= 0.6 is 11.6 Å². The minimum atomic E-state index is 0.661. The zero-order valence-corrected chi connectivity index (χ0v) is 12.8. The van der Waals surface area contributed by atoms with Gasteiger partial charge >= 0.3 is 0 Å². The molecule has 4 heteroatoms. The lowest BCUT2D eigenvalue weighted by Crippen LogP contribution is -2.06. The minimum Gasteiger partial charge on any atom is -0.380 e. The molecule has 0 aliphatic heterocycles. The molecule has 2 aromatic rings. The molecule has 3 nitrogen and oxygen atoms in total. The highest BCUT2D eigenvalue weighted by molar-refractivity contribution is 6.31. The van der Waals surface area contributed by atoms with Crippen LogP contribution in [0.3, 0.4) is 0 Å². The third kappa shape index (κ3) is 3.75. The third-order valence-electron chi connectivity index (χ3n) is 3.46. The normalized spacial score (nSPS) is 11.3. The molecule has 0 bridgehead atoms. The summed E-state index contributed by atoms with van der Waals surface area (Å²) in [4.78, 5) is 0. The first kappa shape index (κ1) is 15.4. The first-order valence-corrected chi connectivity index (χ1v) is 7.69. The van der Waals surface area contributed by atoms with Crippen LogP contribution in [0.25, 0.3) is 10.9 Å². The predicted octanol–water partition coefficient (Wildman–Crippen LogP) is 3.61. The summed E-state index contributed by atoms with van der Waals surface area (Å²) >= 11 is 6.11. The minimum absolute atomic E-state index is 0.661. The van der Waals surface area contributed by atoms with E-state index in [0.717, 1.165) is 37.6 Å². The van der Waals surface area contributed by atoms with Crippen LogP contribution < -0.4 is 5.73 Å². The molecule has 0 unspecified atom stereocenters. The van der Waals surface area contributed by atoms with Crippen LogP contribution in [0.4, 0.5) is 0 Å². The molecule has 0 fully saturated rings. The van der Waals surface area contributed by atoms with Crippen molar-refractivity contribution in [3.8, 4) is 0 Å². The summed E-state index contributed by atoms with van der Waals surface area (Å²) in [5, 5.41) is 2.01. The quantitative estimate of drug-likeness (QED) is 0.756. The predicted molar refractivity (Wildman–Crippen MR) is 85.4 cm³/mol. The topological polar surface area (TPSA) is 40.2 Å². The summed E-state index contributed by atoms with van der Waals surface area (Å²) in [5.41, 5.74) is 8.14. The van der Waals surface area contributed by atoms with E-state index in [0.29, 0.717) is 6.54 Å². The number of hydrogen-bond donors (Lipinski definition) is 1. The lowest BCUT2D eigenvalue weighted by atomic mass is 10.1. The maximum Gasteiger partial charge on any atom is 0.0645 e. The number of aromatic nitrogens is 1. The van der Waals surface area contributed by atoms with Crippen molar-refractivity contribution in [2.45, 2.75) is 32.7 Å². The summed E-state index contributed by atoms with van der Waals surface area (Å²) in [5.74, 6) is 0. The molecular weight excluding hydrogens is 272 g/mol. The van der Waals surface area contributed by atoms with Gasteiger partial charge in [-0.2, -0.15) is 0 Å². The molecule has 0 spiro atoms. The number of rotatable bonds is 8. The van der Waals surface area contributed by atoms with E-state index in [-0.39, 0.29) is 0 Å². The molecule has 2 N–H and O–H groups in total. The number of nitrogens with zero attached hydrogens (tertiary/aromatic N) is 1. The maximum absolute atomic E-state index is 6.11. The molecule has 0 saturated heterocycles. The zero-order chi connectivity index (χ0) is 14.4. The molecule has 0 atom stereocenters. The van der Waals surface area contributed by atoms with E-state index < -0.39 is 0 Å². The lowest BCUT2D eigenvalue weighted by Gasteiger charge is -2.06. The van der Waals surface area contributed by atoms with Gasteiger partial charge in [0.15, 0.2) is 0 Å². The van der Waals surface area contributed by atoms with Gasteiger partial charge < -0.3 is 15.0 Å². The van der Waals surface area contributed by atoms with Crippen LogP contribution in [0, 0.1) is 0 Å². The fraction of sp³-hybridized carbons (Fsp3) is 0.500. The van der Waals surface area contributed by atoms with Gasteiger partial charge in [-0.15, -0.1) is 0 Å². The molecule has 1 heterocycles. The van der Waals surface area contributed by atoms with Crippen LogP contribution in [0.2, 0.25) is 5.02 Å². The van der Waals surface area contributed by atoms with Crippen molar-refractivity contribution in [1.82, 2.24) is 4.57 Å². The molecule has 0 amide bonds. The van der Waals surface area contributed by atoms with Gasteiger partial charge in [-0.25, -0.2) is 0 Å². The van der Waals surface area contributed by atoms with Crippen LogP contribution in [0.1, 0.15) is 25.3 Å². The molecule has 0 aliphatic rings. The smallest absolute Gasteiger partial charge is 0.0645 e. The number of nitrogens with two attached hydrogens (primary N) is 1. The van der Waals surface area contributed by atoms with Crippen molar-refractivity contribution < 1.29 is 4.74 Å². The Kier molecular flexibility index (Phi) is 5.89. The Morgan fingerprint density at radius 1 is 1.30 bits per heavy atom. The summed E-state index contributed by atoms with van der Waals surface area (Å²) in [6.07, 6.45) is 5.36. The molecule has 110 valence electrons. The lowest BCUT2D eigenvalue weighted by molar-refractivity contribution is 0.124. The van der Waals surface area contributed by atoms with Crippen LogP contribution in [-0.4, -0.2) is 24.3 Å². The summed E-state index contributed by atoms with van der Waals surface area (Å²) < 4.78 is 7.87. The van der Waals surface area contributed by atoms with Gasteiger partial charge in [-0.05, 0) is 37.1 Å².